The quantitative estimate of drug-likeness (QED) is 0.777. The highest BCUT2D eigenvalue weighted by atomic mass is 32.2. The maximum absolute atomic E-state index is 12.3. The number of thioether (sulfide) groups is 1. The Morgan fingerprint density at radius 2 is 2.14 bits per heavy atom. The molecule has 0 bridgehead atoms. The van der Waals surface area contributed by atoms with Crippen LogP contribution in [0, 0.1) is 5.92 Å². The largest absolute Gasteiger partial charge is 0.479 e. The number of hydrogen-bond donors (Lipinski definition) is 2. The summed E-state index contributed by atoms with van der Waals surface area (Å²) < 4.78 is 37.0. The Kier molecular flexibility index (Phi) is 4.59. The fraction of sp³-hybridized carbons (Fsp3) is 0.750. The average molecular weight is 340 g/mol. The van der Waals surface area contributed by atoms with E-state index in [4.69, 9.17) is 0 Å². The van der Waals surface area contributed by atoms with Gasteiger partial charge in [0.1, 0.15) is 12.1 Å². The van der Waals surface area contributed by atoms with Crippen molar-refractivity contribution in [1.82, 2.24) is 10.2 Å². The standard InChI is InChI=1S/C12H15F3N2O4S/c13-12(14,15)5-17-4-7(3-8(17)18)9(19)16-11(10(20)21)1-2-22-6-11/h7H,1-6H2,(H,16,19)(H,20,21). The lowest BCUT2D eigenvalue weighted by atomic mass is 9.97. The van der Waals surface area contributed by atoms with E-state index in [-0.39, 0.29) is 25.1 Å². The highest BCUT2D eigenvalue weighted by Crippen LogP contribution is 2.30. The second-order valence-electron chi connectivity index (χ2n) is 5.47. The van der Waals surface area contributed by atoms with Crippen LogP contribution in [-0.4, -0.2) is 64.1 Å². The number of carboxylic acid groups (broad SMARTS) is 1. The van der Waals surface area contributed by atoms with Crippen LogP contribution >= 0.6 is 11.8 Å². The molecule has 0 aromatic carbocycles. The third kappa shape index (κ3) is 3.65. The Morgan fingerprint density at radius 3 is 2.64 bits per heavy atom. The Morgan fingerprint density at radius 1 is 1.45 bits per heavy atom. The van der Waals surface area contributed by atoms with Gasteiger partial charge in [-0.15, -0.1) is 0 Å². The van der Waals surface area contributed by atoms with Crippen molar-refractivity contribution in [3.05, 3.63) is 0 Å². The van der Waals surface area contributed by atoms with E-state index >= 15 is 0 Å². The number of hydrogen-bond acceptors (Lipinski definition) is 4. The maximum atomic E-state index is 12.3. The zero-order chi connectivity index (χ0) is 16.5. The van der Waals surface area contributed by atoms with Crippen molar-refractivity contribution in [2.75, 3.05) is 24.6 Å². The fourth-order valence-corrected chi connectivity index (χ4v) is 3.87. The molecule has 124 valence electrons. The molecule has 2 heterocycles. The van der Waals surface area contributed by atoms with Crippen LogP contribution in [0.2, 0.25) is 0 Å². The molecule has 2 atom stereocenters. The molecule has 0 saturated carbocycles. The van der Waals surface area contributed by atoms with Crippen molar-refractivity contribution in [3.63, 3.8) is 0 Å². The first-order valence-electron chi connectivity index (χ1n) is 6.61. The second-order valence-corrected chi connectivity index (χ2v) is 6.57. The molecule has 22 heavy (non-hydrogen) atoms. The molecular weight excluding hydrogens is 325 g/mol. The molecule has 2 amide bonds. The van der Waals surface area contributed by atoms with Gasteiger partial charge in [-0.05, 0) is 12.2 Å². The third-order valence-electron chi connectivity index (χ3n) is 3.75. The van der Waals surface area contributed by atoms with Gasteiger partial charge in [0.25, 0.3) is 0 Å². The number of rotatable bonds is 4. The van der Waals surface area contributed by atoms with E-state index < -0.39 is 42.0 Å². The molecule has 2 unspecified atom stereocenters. The molecule has 10 heteroatoms. The summed E-state index contributed by atoms with van der Waals surface area (Å²) in [6.07, 6.45) is -4.60. The average Bonchev–Trinajstić information content (AvgIpc) is 2.97. The van der Waals surface area contributed by atoms with E-state index in [1.807, 2.05) is 0 Å². The van der Waals surface area contributed by atoms with E-state index in [2.05, 4.69) is 5.32 Å². The molecule has 2 aliphatic heterocycles. The number of aliphatic carboxylic acids is 1. The number of likely N-dealkylation sites (tertiary alicyclic amines) is 1. The lowest BCUT2D eigenvalue weighted by Crippen LogP contribution is -2.56. The maximum Gasteiger partial charge on any atom is 0.406 e. The van der Waals surface area contributed by atoms with Crippen LogP contribution < -0.4 is 5.32 Å². The minimum Gasteiger partial charge on any atom is -0.479 e. The lowest BCUT2D eigenvalue weighted by Gasteiger charge is -2.26. The highest BCUT2D eigenvalue weighted by molar-refractivity contribution is 7.99. The smallest absolute Gasteiger partial charge is 0.406 e. The fourth-order valence-electron chi connectivity index (χ4n) is 2.54. The van der Waals surface area contributed by atoms with Crippen molar-refractivity contribution >= 4 is 29.5 Å². The number of amides is 2. The van der Waals surface area contributed by atoms with Crippen LogP contribution in [0.25, 0.3) is 0 Å². The molecule has 2 fully saturated rings. The summed E-state index contributed by atoms with van der Waals surface area (Å²) in [6, 6.07) is 0. The predicted octanol–water partition coefficient (Wildman–Crippen LogP) is 0.474. The number of carbonyl (C=O) groups is 3. The van der Waals surface area contributed by atoms with Gasteiger partial charge in [0.15, 0.2) is 0 Å². The van der Waals surface area contributed by atoms with E-state index in [1.54, 1.807) is 0 Å². The summed E-state index contributed by atoms with van der Waals surface area (Å²) in [6.45, 7) is -1.73. The number of nitrogens with one attached hydrogen (secondary N) is 1. The molecule has 2 N–H and O–H groups in total. The van der Waals surface area contributed by atoms with E-state index in [0.717, 1.165) is 0 Å². The van der Waals surface area contributed by atoms with E-state index in [9.17, 15) is 32.7 Å². The minimum absolute atomic E-state index is 0.209. The molecule has 2 saturated heterocycles. The molecule has 0 aromatic heterocycles. The number of carboxylic acids is 1. The van der Waals surface area contributed by atoms with Crippen LogP contribution in [0.3, 0.4) is 0 Å². The van der Waals surface area contributed by atoms with Crippen LogP contribution in [0.5, 0.6) is 0 Å². The molecule has 0 aliphatic carbocycles. The monoisotopic (exact) mass is 340 g/mol. The van der Waals surface area contributed by atoms with Crippen molar-refractivity contribution in [2.45, 2.75) is 24.6 Å². The van der Waals surface area contributed by atoms with Gasteiger partial charge in [-0.2, -0.15) is 24.9 Å². The first kappa shape index (κ1) is 16.9. The van der Waals surface area contributed by atoms with Crippen molar-refractivity contribution < 1.29 is 32.7 Å². The van der Waals surface area contributed by atoms with Gasteiger partial charge in [-0.1, -0.05) is 0 Å². The first-order chi connectivity index (χ1) is 10.1. The van der Waals surface area contributed by atoms with Crippen molar-refractivity contribution in [3.8, 4) is 0 Å². The first-order valence-corrected chi connectivity index (χ1v) is 7.76. The summed E-state index contributed by atoms with van der Waals surface area (Å²) in [4.78, 5) is 35.6. The predicted molar refractivity (Wildman–Crippen MR) is 71.2 cm³/mol. The number of halogens is 3. The zero-order valence-corrected chi connectivity index (χ0v) is 12.3. The summed E-state index contributed by atoms with van der Waals surface area (Å²) in [5, 5.41) is 11.7. The second kappa shape index (κ2) is 5.98. The zero-order valence-electron chi connectivity index (χ0n) is 11.5. The van der Waals surface area contributed by atoms with Crippen LogP contribution in [0.1, 0.15) is 12.8 Å². The van der Waals surface area contributed by atoms with Gasteiger partial charge in [0.2, 0.25) is 11.8 Å². The Balaban J connectivity index is 1.99. The Hall–Kier alpha value is -1.45. The molecule has 0 aromatic rings. The molecular formula is C12H15F3N2O4S. The summed E-state index contributed by atoms with van der Waals surface area (Å²) in [5.41, 5.74) is -1.39. The Bertz CT molecular complexity index is 491. The van der Waals surface area contributed by atoms with Gasteiger partial charge in [0, 0.05) is 18.7 Å². The van der Waals surface area contributed by atoms with E-state index in [1.165, 1.54) is 11.8 Å². The van der Waals surface area contributed by atoms with Gasteiger partial charge >= 0.3 is 12.1 Å². The summed E-state index contributed by atoms with van der Waals surface area (Å²) in [7, 11) is 0. The Labute approximate surface area is 128 Å². The SMILES string of the molecule is O=C(NC1(C(=O)O)CCSC1)C1CC(=O)N(CC(F)(F)F)C1. The molecule has 6 nitrogen and oxygen atoms in total. The normalized spacial score (nSPS) is 29.0. The number of alkyl halides is 3. The highest BCUT2D eigenvalue weighted by Gasteiger charge is 2.46. The van der Waals surface area contributed by atoms with E-state index in [0.29, 0.717) is 10.7 Å². The molecule has 0 spiro atoms. The molecule has 2 rings (SSSR count). The third-order valence-corrected chi connectivity index (χ3v) is 4.94. The van der Waals surface area contributed by atoms with Crippen molar-refractivity contribution in [2.24, 2.45) is 5.92 Å². The minimum atomic E-state index is -4.52. The van der Waals surface area contributed by atoms with Gasteiger partial charge in [-0.3, -0.25) is 9.59 Å². The van der Waals surface area contributed by atoms with Gasteiger partial charge < -0.3 is 15.3 Å². The van der Waals surface area contributed by atoms with Gasteiger partial charge in [0.05, 0.1) is 5.92 Å². The van der Waals surface area contributed by atoms with Crippen LogP contribution in [-0.2, 0) is 14.4 Å². The van der Waals surface area contributed by atoms with Crippen molar-refractivity contribution in [1.29, 1.82) is 0 Å². The molecule has 2 aliphatic rings. The lowest BCUT2D eigenvalue weighted by molar-refractivity contribution is -0.157. The van der Waals surface area contributed by atoms with Gasteiger partial charge in [-0.25, -0.2) is 4.79 Å². The molecule has 0 radical (unpaired) electrons. The number of nitrogens with zero attached hydrogens (tertiary/aromatic N) is 1. The number of carbonyl (C=O) groups excluding carboxylic acids is 2. The summed E-state index contributed by atoms with van der Waals surface area (Å²) >= 11 is 1.38. The summed E-state index contributed by atoms with van der Waals surface area (Å²) in [5.74, 6) is -2.75. The topological polar surface area (TPSA) is 86.7 Å². The van der Waals surface area contributed by atoms with Crippen LogP contribution in [0.15, 0.2) is 0 Å². The van der Waals surface area contributed by atoms with Crippen LogP contribution in [0.4, 0.5) is 13.2 Å².